The highest BCUT2D eigenvalue weighted by Gasteiger charge is 2.44. The van der Waals surface area contributed by atoms with Crippen molar-refractivity contribution in [1.82, 2.24) is 0 Å². The molecule has 0 saturated heterocycles. The van der Waals surface area contributed by atoms with Crippen LogP contribution in [0.2, 0.25) is 0 Å². The van der Waals surface area contributed by atoms with E-state index < -0.39 is 24.9 Å². The van der Waals surface area contributed by atoms with Gasteiger partial charge >= 0.3 is 6.18 Å². The zero-order chi connectivity index (χ0) is 8.36. The molecular weight excluding hydrogens is 155 g/mol. The van der Waals surface area contributed by atoms with E-state index in [-0.39, 0.29) is 0 Å². The third-order valence-corrected chi connectivity index (χ3v) is 1.16. The summed E-state index contributed by atoms with van der Waals surface area (Å²) < 4.78 is 57.4. The molecule has 0 aliphatic heterocycles. The zero-order valence-electron chi connectivity index (χ0n) is 5.25. The minimum absolute atomic E-state index is 0.568. The summed E-state index contributed by atoms with van der Waals surface area (Å²) in [6, 6.07) is 0. The van der Waals surface area contributed by atoms with Crippen LogP contribution in [0.4, 0.5) is 22.0 Å². The number of hydrogen-bond acceptors (Lipinski definition) is 0. The molecular formula is C5H7F5. The maximum Gasteiger partial charge on any atom is 0.397 e. The number of hydrogen-bond donors (Lipinski definition) is 0. The van der Waals surface area contributed by atoms with Crippen molar-refractivity contribution in [1.29, 1.82) is 0 Å². The smallest absolute Gasteiger partial charge is 0.210 e. The molecule has 0 bridgehead atoms. The van der Waals surface area contributed by atoms with E-state index in [9.17, 15) is 22.0 Å². The van der Waals surface area contributed by atoms with Crippen molar-refractivity contribution in [2.75, 3.05) is 0 Å². The lowest BCUT2D eigenvalue weighted by molar-refractivity contribution is -0.207. The van der Waals surface area contributed by atoms with Crippen LogP contribution in [0.3, 0.4) is 0 Å². The summed E-state index contributed by atoms with van der Waals surface area (Å²) in [4.78, 5) is 0. The van der Waals surface area contributed by atoms with Gasteiger partial charge in [0.1, 0.15) is 5.92 Å². The van der Waals surface area contributed by atoms with E-state index in [1.807, 2.05) is 0 Å². The second-order valence-electron chi connectivity index (χ2n) is 1.89. The second kappa shape index (κ2) is 3.16. The zero-order valence-corrected chi connectivity index (χ0v) is 5.25. The van der Waals surface area contributed by atoms with Gasteiger partial charge in [-0.05, 0) is 6.42 Å². The van der Waals surface area contributed by atoms with Gasteiger partial charge in [-0.2, -0.15) is 13.2 Å². The van der Waals surface area contributed by atoms with E-state index in [2.05, 4.69) is 0 Å². The average Bonchev–Trinajstić information content (AvgIpc) is 1.60. The summed E-state index contributed by atoms with van der Waals surface area (Å²) in [7, 11) is 0. The molecule has 0 amide bonds. The molecule has 0 fully saturated rings. The Balaban J connectivity index is 4.07. The Bertz CT molecular complexity index is 94.7. The van der Waals surface area contributed by atoms with Crippen molar-refractivity contribution in [3.05, 3.63) is 0 Å². The van der Waals surface area contributed by atoms with Crippen molar-refractivity contribution in [2.24, 2.45) is 5.92 Å². The van der Waals surface area contributed by atoms with E-state index in [0.29, 0.717) is 0 Å². The van der Waals surface area contributed by atoms with E-state index in [1.54, 1.807) is 0 Å². The molecule has 0 aromatic rings. The Morgan fingerprint density at radius 1 is 1.20 bits per heavy atom. The quantitative estimate of drug-likeness (QED) is 0.547. The summed E-state index contributed by atoms with van der Waals surface area (Å²) in [6.07, 6.45) is -8.63. The lowest BCUT2D eigenvalue weighted by Gasteiger charge is -2.16. The fraction of sp³-hybridized carbons (Fsp3) is 1.00. The molecule has 0 nitrogen and oxygen atoms in total. The molecule has 0 N–H and O–H groups in total. The van der Waals surface area contributed by atoms with Crippen LogP contribution in [-0.2, 0) is 0 Å². The van der Waals surface area contributed by atoms with Gasteiger partial charge in [-0.15, -0.1) is 0 Å². The number of halogens is 5. The third-order valence-electron chi connectivity index (χ3n) is 1.16. The van der Waals surface area contributed by atoms with Crippen molar-refractivity contribution >= 4 is 0 Å². The van der Waals surface area contributed by atoms with E-state index in [0.717, 1.165) is 6.92 Å². The maximum atomic E-state index is 11.5. The Kier molecular flexibility index (Phi) is 3.05. The van der Waals surface area contributed by atoms with Crippen molar-refractivity contribution in [2.45, 2.75) is 25.9 Å². The van der Waals surface area contributed by atoms with Gasteiger partial charge in [0.25, 0.3) is 0 Å². The Morgan fingerprint density at radius 2 is 1.60 bits per heavy atom. The summed E-state index contributed by atoms with van der Waals surface area (Å²) >= 11 is 0. The summed E-state index contributed by atoms with van der Waals surface area (Å²) in [5.41, 5.74) is 0. The van der Waals surface area contributed by atoms with E-state index >= 15 is 0 Å². The number of rotatable bonds is 2. The largest absolute Gasteiger partial charge is 0.397 e. The predicted octanol–water partition coefficient (Wildman–Crippen LogP) is 2.84. The molecule has 0 radical (unpaired) electrons. The summed E-state index contributed by atoms with van der Waals surface area (Å²) in [5, 5.41) is 0. The molecule has 0 aromatic heterocycles. The molecule has 0 aliphatic carbocycles. The van der Waals surface area contributed by atoms with Gasteiger partial charge in [0.05, 0.1) is 0 Å². The SMILES string of the molecule is CC[C@H](C(F)F)C(F)(F)F. The Morgan fingerprint density at radius 3 is 1.60 bits per heavy atom. The molecule has 0 spiro atoms. The first-order valence-corrected chi connectivity index (χ1v) is 2.74. The minimum Gasteiger partial charge on any atom is -0.210 e. The molecule has 0 aromatic carbocycles. The molecule has 0 saturated carbocycles. The van der Waals surface area contributed by atoms with Crippen LogP contribution in [0.15, 0.2) is 0 Å². The molecule has 5 heteroatoms. The normalized spacial score (nSPS) is 15.9. The van der Waals surface area contributed by atoms with Crippen molar-refractivity contribution in [3.63, 3.8) is 0 Å². The summed E-state index contributed by atoms with van der Waals surface area (Å²) in [6.45, 7) is 1.09. The van der Waals surface area contributed by atoms with Gasteiger partial charge in [-0.25, -0.2) is 8.78 Å². The van der Waals surface area contributed by atoms with E-state index in [1.165, 1.54) is 0 Å². The van der Waals surface area contributed by atoms with Crippen molar-refractivity contribution in [3.8, 4) is 0 Å². The molecule has 0 heterocycles. The van der Waals surface area contributed by atoms with Crippen LogP contribution in [-0.4, -0.2) is 12.6 Å². The Labute approximate surface area is 55.0 Å². The molecule has 1 atom stereocenters. The van der Waals surface area contributed by atoms with Gasteiger partial charge < -0.3 is 0 Å². The van der Waals surface area contributed by atoms with Gasteiger partial charge in [0.2, 0.25) is 6.43 Å². The van der Waals surface area contributed by atoms with Gasteiger partial charge in [-0.3, -0.25) is 0 Å². The lowest BCUT2D eigenvalue weighted by atomic mass is 10.1. The van der Waals surface area contributed by atoms with Crippen LogP contribution in [0.1, 0.15) is 13.3 Å². The van der Waals surface area contributed by atoms with Crippen LogP contribution in [0.5, 0.6) is 0 Å². The molecule has 10 heavy (non-hydrogen) atoms. The van der Waals surface area contributed by atoms with Crippen LogP contribution >= 0.6 is 0 Å². The predicted molar refractivity (Wildman–Crippen MR) is 25.8 cm³/mol. The molecule has 0 aliphatic rings. The first-order valence-electron chi connectivity index (χ1n) is 2.74. The fourth-order valence-corrected chi connectivity index (χ4v) is 0.552. The molecule has 0 unspecified atom stereocenters. The minimum atomic E-state index is -4.76. The highest BCUT2D eigenvalue weighted by atomic mass is 19.4. The van der Waals surface area contributed by atoms with Gasteiger partial charge in [0.15, 0.2) is 0 Å². The van der Waals surface area contributed by atoms with Crippen LogP contribution < -0.4 is 0 Å². The van der Waals surface area contributed by atoms with Crippen LogP contribution in [0.25, 0.3) is 0 Å². The monoisotopic (exact) mass is 162 g/mol. The van der Waals surface area contributed by atoms with Gasteiger partial charge in [0, 0.05) is 0 Å². The standard InChI is InChI=1S/C5H7F5/c1-2-3(4(6)7)5(8,9)10/h3-4H,2H2,1H3/t3-/m1/s1. The van der Waals surface area contributed by atoms with Crippen LogP contribution in [0, 0.1) is 5.92 Å². The highest BCUT2D eigenvalue weighted by Crippen LogP contribution is 2.33. The number of alkyl halides is 5. The second-order valence-corrected chi connectivity index (χ2v) is 1.89. The first-order chi connectivity index (χ1) is 4.39. The molecule has 62 valence electrons. The highest BCUT2D eigenvalue weighted by molar-refractivity contribution is 4.67. The lowest BCUT2D eigenvalue weighted by Crippen LogP contribution is -2.28. The average molecular weight is 162 g/mol. The first kappa shape index (κ1) is 9.65. The Hall–Kier alpha value is -0.350. The summed E-state index contributed by atoms with van der Waals surface area (Å²) in [5.74, 6) is -2.47. The topological polar surface area (TPSA) is 0 Å². The third kappa shape index (κ3) is 2.49. The fourth-order valence-electron chi connectivity index (χ4n) is 0.552. The van der Waals surface area contributed by atoms with Crippen molar-refractivity contribution < 1.29 is 22.0 Å². The van der Waals surface area contributed by atoms with Gasteiger partial charge in [-0.1, -0.05) is 6.92 Å². The van der Waals surface area contributed by atoms with E-state index in [4.69, 9.17) is 0 Å². The molecule has 0 rings (SSSR count). The maximum absolute atomic E-state index is 11.5.